The lowest BCUT2D eigenvalue weighted by molar-refractivity contribution is 1.43. The first-order valence-electron chi connectivity index (χ1n) is 6.27. The van der Waals surface area contributed by atoms with Crippen molar-refractivity contribution in [3.05, 3.63) is 71.8 Å². The largest absolute Gasteiger partial charge is 0.399 e. The monoisotopic (exact) mass is 250 g/mol. The molecule has 2 nitrogen and oxygen atoms in total. The summed E-state index contributed by atoms with van der Waals surface area (Å²) in [5.41, 5.74) is 10.9. The number of benzene rings is 2. The minimum Gasteiger partial charge on any atom is -0.399 e. The Kier molecular flexibility index (Phi) is 4.14. The average molecular weight is 250 g/mol. The van der Waals surface area contributed by atoms with Crippen LogP contribution in [0.5, 0.6) is 0 Å². The van der Waals surface area contributed by atoms with Crippen LogP contribution in [0, 0.1) is 0 Å². The van der Waals surface area contributed by atoms with Crippen molar-refractivity contribution in [1.29, 1.82) is 0 Å². The summed E-state index contributed by atoms with van der Waals surface area (Å²) in [5.74, 6) is 0. The van der Waals surface area contributed by atoms with Crippen LogP contribution in [0.4, 0.5) is 5.69 Å². The highest BCUT2D eigenvalue weighted by Crippen LogP contribution is 2.17. The second-order valence-corrected chi connectivity index (χ2v) is 4.42. The molecule has 2 N–H and O–H groups in total. The van der Waals surface area contributed by atoms with Gasteiger partial charge in [0.2, 0.25) is 0 Å². The molecule has 0 atom stereocenters. The number of anilines is 1. The smallest absolute Gasteiger partial charge is 0.0646 e. The van der Waals surface area contributed by atoms with E-state index in [1.165, 1.54) is 5.57 Å². The van der Waals surface area contributed by atoms with E-state index in [0.29, 0.717) is 0 Å². The van der Waals surface area contributed by atoms with Gasteiger partial charge in [-0.2, -0.15) is 0 Å². The maximum atomic E-state index is 5.70. The molecule has 96 valence electrons. The third-order valence-corrected chi connectivity index (χ3v) is 3.03. The predicted molar refractivity (Wildman–Crippen MR) is 83.4 cm³/mol. The zero-order valence-corrected chi connectivity index (χ0v) is 11.3. The molecule has 2 rings (SSSR count). The van der Waals surface area contributed by atoms with Crippen LogP contribution in [-0.4, -0.2) is 12.8 Å². The molecule has 2 aromatic carbocycles. The number of hydrogen-bond donors (Lipinski definition) is 1. The van der Waals surface area contributed by atoms with Crippen LogP contribution in [0.25, 0.3) is 5.57 Å². The van der Waals surface area contributed by atoms with Gasteiger partial charge >= 0.3 is 0 Å². The Labute approximate surface area is 114 Å². The van der Waals surface area contributed by atoms with Gasteiger partial charge in [0.25, 0.3) is 0 Å². The highest BCUT2D eigenvalue weighted by molar-refractivity contribution is 6.12. The highest BCUT2D eigenvalue weighted by atomic mass is 14.7. The van der Waals surface area contributed by atoms with E-state index in [0.717, 1.165) is 22.5 Å². The van der Waals surface area contributed by atoms with Crippen LogP contribution in [-0.2, 0) is 0 Å². The predicted octanol–water partition coefficient (Wildman–Crippen LogP) is 3.79. The summed E-state index contributed by atoms with van der Waals surface area (Å²) in [6.07, 6.45) is 2.10. The molecule has 0 unspecified atom stereocenters. The molecule has 0 bridgehead atoms. The normalized spacial score (nSPS) is 12.5. The van der Waals surface area contributed by atoms with Crippen molar-refractivity contribution in [2.24, 2.45) is 4.99 Å². The topological polar surface area (TPSA) is 38.4 Å². The van der Waals surface area contributed by atoms with Crippen LogP contribution >= 0.6 is 0 Å². The fourth-order valence-corrected chi connectivity index (χ4v) is 1.92. The Bertz CT molecular complexity index is 593. The molecule has 0 radical (unpaired) electrons. The number of nitrogen functional groups attached to an aromatic ring is 1. The molecule has 0 fully saturated rings. The number of rotatable bonds is 3. The van der Waals surface area contributed by atoms with E-state index in [4.69, 9.17) is 5.73 Å². The second-order valence-electron chi connectivity index (χ2n) is 4.42. The first-order valence-corrected chi connectivity index (χ1v) is 6.27. The minimum absolute atomic E-state index is 0.781. The summed E-state index contributed by atoms with van der Waals surface area (Å²) in [5, 5.41) is 0. The van der Waals surface area contributed by atoms with Gasteiger partial charge in [-0.25, -0.2) is 0 Å². The molecule has 19 heavy (non-hydrogen) atoms. The van der Waals surface area contributed by atoms with E-state index in [1.807, 2.05) is 49.5 Å². The first-order chi connectivity index (χ1) is 9.20. The third kappa shape index (κ3) is 3.32. The molecule has 0 aromatic heterocycles. The lowest BCUT2D eigenvalue weighted by Gasteiger charge is -2.05. The van der Waals surface area contributed by atoms with E-state index in [-0.39, 0.29) is 0 Å². The van der Waals surface area contributed by atoms with Crippen molar-refractivity contribution >= 4 is 17.0 Å². The van der Waals surface area contributed by atoms with Gasteiger partial charge in [0.1, 0.15) is 0 Å². The number of allylic oxidation sites excluding steroid dienone is 2. The summed E-state index contributed by atoms with van der Waals surface area (Å²) in [4.78, 5) is 4.36. The molecule has 0 aliphatic rings. The van der Waals surface area contributed by atoms with Gasteiger partial charge in [-0.3, -0.25) is 4.99 Å². The van der Waals surface area contributed by atoms with Crippen molar-refractivity contribution in [2.75, 3.05) is 12.8 Å². The van der Waals surface area contributed by atoms with Gasteiger partial charge in [-0.05, 0) is 41.8 Å². The van der Waals surface area contributed by atoms with E-state index < -0.39 is 0 Å². The summed E-state index contributed by atoms with van der Waals surface area (Å²) >= 11 is 0. The molecule has 2 heteroatoms. The van der Waals surface area contributed by atoms with Crippen LogP contribution in [0.3, 0.4) is 0 Å². The van der Waals surface area contributed by atoms with Crippen molar-refractivity contribution in [3.8, 4) is 0 Å². The maximum absolute atomic E-state index is 5.70. The van der Waals surface area contributed by atoms with Gasteiger partial charge in [0.05, 0.1) is 5.71 Å². The Hall–Kier alpha value is -2.35. The zero-order chi connectivity index (χ0) is 13.7. The van der Waals surface area contributed by atoms with Crippen LogP contribution in [0.1, 0.15) is 18.1 Å². The second kappa shape index (κ2) is 6.01. The molecular weight excluding hydrogens is 232 g/mol. The third-order valence-electron chi connectivity index (χ3n) is 3.03. The summed E-state index contributed by atoms with van der Waals surface area (Å²) in [7, 11) is 1.81. The summed E-state index contributed by atoms with van der Waals surface area (Å²) < 4.78 is 0. The fraction of sp³-hybridized carbons (Fsp3) is 0.118. The molecule has 0 saturated carbocycles. The molecule has 0 saturated heterocycles. The molecule has 0 spiro atoms. The van der Waals surface area contributed by atoms with Gasteiger partial charge in [-0.1, -0.05) is 42.5 Å². The SMILES string of the molecule is CN=C(/C=C(\C)c1ccc(N)cc1)c1ccccc1. The van der Waals surface area contributed by atoms with Crippen LogP contribution < -0.4 is 5.73 Å². The molecule has 0 heterocycles. The van der Waals surface area contributed by atoms with Crippen molar-refractivity contribution in [1.82, 2.24) is 0 Å². The molecule has 0 aliphatic heterocycles. The molecule has 0 aliphatic carbocycles. The van der Waals surface area contributed by atoms with Crippen LogP contribution in [0.15, 0.2) is 65.7 Å². The van der Waals surface area contributed by atoms with E-state index in [9.17, 15) is 0 Å². The number of nitrogens with zero attached hydrogens (tertiary/aromatic N) is 1. The minimum atomic E-state index is 0.781. The lowest BCUT2D eigenvalue weighted by Crippen LogP contribution is -1.97. The quantitative estimate of drug-likeness (QED) is 0.653. The highest BCUT2D eigenvalue weighted by Gasteiger charge is 2.01. The Morgan fingerprint density at radius 1 is 0.947 bits per heavy atom. The van der Waals surface area contributed by atoms with Crippen molar-refractivity contribution < 1.29 is 0 Å². The van der Waals surface area contributed by atoms with Crippen LogP contribution in [0.2, 0.25) is 0 Å². The zero-order valence-electron chi connectivity index (χ0n) is 11.3. The summed E-state index contributed by atoms with van der Waals surface area (Å²) in [6, 6.07) is 18.1. The standard InChI is InChI=1S/C17H18N2/c1-13(14-8-10-16(18)11-9-14)12-17(19-2)15-6-4-3-5-7-15/h3-12H,18H2,1-2H3/b13-12+,19-17?. The molecular formula is C17H18N2. The van der Waals surface area contributed by atoms with Gasteiger partial charge in [-0.15, -0.1) is 0 Å². The Morgan fingerprint density at radius 3 is 2.16 bits per heavy atom. The maximum Gasteiger partial charge on any atom is 0.0646 e. The Morgan fingerprint density at radius 2 is 1.58 bits per heavy atom. The van der Waals surface area contributed by atoms with Crippen molar-refractivity contribution in [2.45, 2.75) is 6.92 Å². The molecule has 2 aromatic rings. The van der Waals surface area contributed by atoms with E-state index in [1.54, 1.807) is 0 Å². The number of aliphatic imine (C=N–C) groups is 1. The number of hydrogen-bond acceptors (Lipinski definition) is 2. The first kappa shape index (κ1) is 13.1. The number of nitrogens with two attached hydrogens (primary N) is 1. The Balaban J connectivity index is 2.31. The van der Waals surface area contributed by atoms with Gasteiger partial charge in [0, 0.05) is 12.7 Å². The lowest BCUT2D eigenvalue weighted by atomic mass is 10.0. The fourth-order valence-electron chi connectivity index (χ4n) is 1.92. The van der Waals surface area contributed by atoms with E-state index >= 15 is 0 Å². The summed E-state index contributed by atoms with van der Waals surface area (Å²) in [6.45, 7) is 2.08. The van der Waals surface area contributed by atoms with Gasteiger partial charge < -0.3 is 5.73 Å². The van der Waals surface area contributed by atoms with Gasteiger partial charge in [0.15, 0.2) is 0 Å². The van der Waals surface area contributed by atoms with E-state index in [2.05, 4.69) is 30.1 Å². The van der Waals surface area contributed by atoms with Crippen molar-refractivity contribution in [3.63, 3.8) is 0 Å². The average Bonchev–Trinajstić information content (AvgIpc) is 2.46. The molecule has 0 amide bonds.